The van der Waals surface area contributed by atoms with Crippen molar-refractivity contribution in [3.63, 3.8) is 0 Å². The molecule has 1 aromatic carbocycles. The van der Waals surface area contributed by atoms with E-state index >= 15 is 0 Å². The number of Topliss-reactive ketones (excluding diaryl/α,β-unsaturated/α-hetero) is 1. The molecule has 2 atom stereocenters. The van der Waals surface area contributed by atoms with Crippen LogP contribution in [0.25, 0.3) is 10.8 Å². The van der Waals surface area contributed by atoms with E-state index in [0.717, 1.165) is 0 Å². The highest BCUT2D eigenvalue weighted by Crippen LogP contribution is 2.33. The van der Waals surface area contributed by atoms with Gasteiger partial charge in [0.1, 0.15) is 18.4 Å². The number of nitriles is 1. The Morgan fingerprint density at radius 3 is 2.66 bits per heavy atom. The van der Waals surface area contributed by atoms with Gasteiger partial charge in [0.25, 0.3) is 5.91 Å². The van der Waals surface area contributed by atoms with E-state index in [4.69, 9.17) is 9.47 Å². The molecule has 32 heavy (non-hydrogen) atoms. The Kier molecular flexibility index (Phi) is 6.93. The van der Waals surface area contributed by atoms with Crippen molar-refractivity contribution in [3.8, 4) is 17.7 Å². The van der Waals surface area contributed by atoms with Gasteiger partial charge in [-0.25, -0.2) is 4.98 Å². The third kappa shape index (κ3) is 5.14. The number of ketones is 1. The summed E-state index contributed by atoms with van der Waals surface area (Å²) in [6.07, 6.45) is 2.30. The largest absolute Gasteiger partial charge is 0.490 e. The minimum absolute atomic E-state index is 0.0192. The first-order valence-corrected chi connectivity index (χ1v) is 10.5. The highest BCUT2D eigenvalue weighted by atomic mass is 16.5. The van der Waals surface area contributed by atoms with Gasteiger partial charge in [-0.3, -0.25) is 14.4 Å². The molecule has 168 valence electrons. The average Bonchev–Trinajstić information content (AvgIpc) is 3.15. The van der Waals surface area contributed by atoms with Gasteiger partial charge in [-0.15, -0.1) is 0 Å². The van der Waals surface area contributed by atoms with E-state index in [9.17, 15) is 19.6 Å². The lowest BCUT2D eigenvalue weighted by Gasteiger charge is -2.17. The minimum Gasteiger partial charge on any atom is -0.490 e. The number of nitrogens with zero attached hydrogens (tertiary/aromatic N) is 2. The predicted molar refractivity (Wildman–Crippen MR) is 116 cm³/mol. The molecule has 2 aromatic rings. The molecule has 9 nitrogen and oxygen atoms in total. The molecule has 2 amide bonds. The number of amides is 2. The molecule has 1 fully saturated rings. The molecule has 1 aliphatic heterocycles. The fourth-order valence-corrected chi connectivity index (χ4v) is 3.33. The molecule has 1 aliphatic rings. The van der Waals surface area contributed by atoms with Crippen LogP contribution in [0, 0.1) is 11.3 Å². The van der Waals surface area contributed by atoms with Gasteiger partial charge in [-0.1, -0.05) is 0 Å². The zero-order valence-electron chi connectivity index (χ0n) is 18.5. The van der Waals surface area contributed by atoms with Gasteiger partial charge in [-0.05, 0) is 46.2 Å². The summed E-state index contributed by atoms with van der Waals surface area (Å²) in [7, 11) is 0. The van der Waals surface area contributed by atoms with Crippen LogP contribution in [0.4, 0.5) is 0 Å². The number of benzene rings is 1. The predicted octanol–water partition coefficient (Wildman–Crippen LogP) is 2.26. The Labute approximate surface area is 186 Å². The van der Waals surface area contributed by atoms with Crippen molar-refractivity contribution < 1.29 is 23.9 Å². The Morgan fingerprint density at radius 1 is 1.31 bits per heavy atom. The van der Waals surface area contributed by atoms with Crippen LogP contribution < -0.4 is 20.1 Å². The zero-order valence-corrected chi connectivity index (χ0v) is 18.5. The van der Waals surface area contributed by atoms with Gasteiger partial charge in [0.2, 0.25) is 11.8 Å². The summed E-state index contributed by atoms with van der Waals surface area (Å²) in [5, 5.41) is 16.0. The third-order valence-corrected chi connectivity index (χ3v) is 5.14. The molecule has 3 rings (SSSR count). The van der Waals surface area contributed by atoms with E-state index in [1.54, 1.807) is 19.1 Å². The first-order chi connectivity index (χ1) is 15.2. The van der Waals surface area contributed by atoms with Crippen LogP contribution in [0.3, 0.4) is 0 Å². The number of aromatic nitrogens is 1. The molecular formula is C23H26N4O5. The van der Waals surface area contributed by atoms with Crippen molar-refractivity contribution in [2.75, 3.05) is 6.61 Å². The number of carbonyl (C=O) groups is 3. The summed E-state index contributed by atoms with van der Waals surface area (Å²) in [6.45, 7) is 6.90. The van der Waals surface area contributed by atoms with Crippen LogP contribution in [0.1, 0.15) is 56.5 Å². The van der Waals surface area contributed by atoms with E-state index in [-0.39, 0.29) is 47.5 Å². The van der Waals surface area contributed by atoms with Crippen LogP contribution in [-0.4, -0.2) is 47.4 Å². The number of nitrogens with one attached hydrogen (secondary N) is 2. The van der Waals surface area contributed by atoms with E-state index in [1.165, 1.54) is 13.1 Å². The molecule has 1 aromatic heterocycles. The number of ether oxygens (including phenoxy) is 2. The second-order valence-electron chi connectivity index (χ2n) is 8.07. The lowest BCUT2D eigenvalue weighted by molar-refractivity contribution is -0.119. The first-order valence-electron chi connectivity index (χ1n) is 10.5. The first kappa shape index (κ1) is 23.0. The number of hydrogen-bond acceptors (Lipinski definition) is 7. The topological polar surface area (TPSA) is 130 Å². The maximum absolute atomic E-state index is 12.8. The second-order valence-corrected chi connectivity index (χ2v) is 8.07. The van der Waals surface area contributed by atoms with Crippen LogP contribution in [0.5, 0.6) is 11.6 Å². The molecule has 1 saturated heterocycles. The van der Waals surface area contributed by atoms with Crippen LogP contribution in [0.2, 0.25) is 0 Å². The van der Waals surface area contributed by atoms with Crippen LogP contribution >= 0.6 is 0 Å². The summed E-state index contributed by atoms with van der Waals surface area (Å²) < 4.78 is 11.7. The minimum atomic E-state index is -0.668. The number of carbonyl (C=O) groups excluding carboxylic acids is 3. The summed E-state index contributed by atoms with van der Waals surface area (Å²) in [4.78, 5) is 40.2. The third-order valence-electron chi connectivity index (χ3n) is 5.14. The summed E-state index contributed by atoms with van der Waals surface area (Å²) >= 11 is 0. The van der Waals surface area contributed by atoms with Gasteiger partial charge in [-0.2, -0.15) is 5.26 Å². The number of pyridine rings is 1. The zero-order chi connectivity index (χ0) is 23.4. The molecule has 0 saturated carbocycles. The maximum Gasteiger partial charge on any atom is 0.254 e. The Hall–Kier alpha value is -3.67. The maximum atomic E-state index is 12.8. The number of fused-ring (bicyclic) bond motifs is 1. The van der Waals surface area contributed by atoms with Crippen molar-refractivity contribution in [3.05, 3.63) is 29.5 Å². The van der Waals surface area contributed by atoms with Crippen molar-refractivity contribution in [1.82, 2.24) is 15.6 Å². The normalized spacial score (nSPS) is 16.4. The lowest BCUT2D eigenvalue weighted by atomic mass is 10.0. The Bertz CT molecular complexity index is 1110. The Morgan fingerprint density at radius 2 is 2.06 bits per heavy atom. The summed E-state index contributed by atoms with van der Waals surface area (Å²) in [6, 6.07) is 4.51. The van der Waals surface area contributed by atoms with Gasteiger partial charge in [0.05, 0.1) is 29.3 Å². The molecule has 2 N–H and O–H groups in total. The molecule has 0 spiro atoms. The molecule has 0 radical (unpaired) electrons. The van der Waals surface area contributed by atoms with Crippen molar-refractivity contribution in [1.29, 1.82) is 5.26 Å². The monoisotopic (exact) mass is 438 g/mol. The second kappa shape index (κ2) is 9.64. The average molecular weight is 438 g/mol. The Balaban J connectivity index is 2.04. The quantitative estimate of drug-likeness (QED) is 0.646. The summed E-state index contributed by atoms with van der Waals surface area (Å²) in [5.74, 6) is -0.0732. The molecule has 9 heteroatoms. The lowest BCUT2D eigenvalue weighted by Crippen LogP contribution is -2.37. The highest BCUT2D eigenvalue weighted by molar-refractivity contribution is 6.09. The number of rotatable bonds is 8. The smallest absolute Gasteiger partial charge is 0.254 e. The van der Waals surface area contributed by atoms with Crippen LogP contribution in [-0.2, 0) is 9.59 Å². The van der Waals surface area contributed by atoms with Crippen LogP contribution in [0.15, 0.2) is 18.3 Å². The highest BCUT2D eigenvalue weighted by Gasteiger charge is 2.24. The van der Waals surface area contributed by atoms with Crippen molar-refractivity contribution in [2.45, 2.75) is 58.7 Å². The SMILES string of the molecule is CC(=O)C(C)NC(=O)c1cnc(OC[C@@H]2CCC(=O)N2)c2cc(OC(C)C)c(C#N)cc12. The summed E-state index contributed by atoms with van der Waals surface area (Å²) in [5.41, 5.74) is 0.474. The van der Waals surface area contributed by atoms with E-state index < -0.39 is 11.9 Å². The fourth-order valence-electron chi connectivity index (χ4n) is 3.33. The molecule has 0 bridgehead atoms. The van der Waals surface area contributed by atoms with Gasteiger partial charge >= 0.3 is 0 Å². The number of hydrogen-bond donors (Lipinski definition) is 2. The standard InChI is InChI=1S/C23H26N4O5/c1-12(2)32-20-8-18-17(7-15(20)9-24)19(22(30)26-13(3)14(4)28)10-25-23(18)31-11-16-5-6-21(29)27-16/h7-8,10,12-13,16H,5-6,11H2,1-4H3,(H,26,30)(H,27,29)/t13?,16-/m0/s1. The molecule has 0 aliphatic carbocycles. The van der Waals surface area contributed by atoms with Crippen molar-refractivity contribution >= 4 is 28.4 Å². The molecule has 2 heterocycles. The van der Waals surface area contributed by atoms with E-state index in [0.29, 0.717) is 29.4 Å². The van der Waals surface area contributed by atoms with E-state index in [2.05, 4.69) is 21.7 Å². The molecular weight excluding hydrogens is 412 g/mol. The van der Waals surface area contributed by atoms with Crippen molar-refractivity contribution in [2.24, 2.45) is 0 Å². The molecule has 1 unspecified atom stereocenters. The van der Waals surface area contributed by atoms with E-state index in [1.807, 2.05) is 13.8 Å². The van der Waals surface area contributed by atoms with Gasteiger partial charge in [0.15, 0.2) is 5.78 Å². The van der Waals surface area contributed by atoms with Gasteiger partial charge < -0.3 is 20.1 Å². The fraction of sp³-hybridized carbons (Fsp3) is 0.435. The van der Waals surface area contributed by atoms with Gasteiger partial charge in [0, 0.05) is 23.4 Å².